The zero-order valence-corrected chi connectivity index (χ0v) is 19.6. The molecule has 0 bridgehead atoms. The molecule has 1 fully saturated rings. The van der Waals surface area contributed by atoms with Crippen molar-refractivity contribution in [1.82, 2.24) is 0 Å². The van der Waals surface area contributed by atoms with Gasteiger partial charge < -0.3 is 5.73 Å². The molecule has 2 aromatic carbocycles. The van der Waals surface area contributed by atoms with Gasteiger partial charge in [0, 0.05) is 12.0 Å². The molecule has 2 N–H and O–H groups in total. The molecule has 0 radical (unpaired) electrons. The van der Waals surface area contributed by atoms with Crippen LogP contribution in [-0.2, 0) is 29.1 Å². The van der Waals surface area contributed by atoms with E-state index in [4.69, 9.17) is 5.73 Å². The van der Waals surface area contributed by atoms with Crippen LogP contribution in [0.25, 0.3) is 0 Å². The van der Waals surface area contributed by atoms with Gasteiger partial charge in [-0.3, -0.25) is 0 Å². The Morgan fingerprint density at radius 2 is 1.81 bits per heavy atom. The third kappa shape index (κ3) is 6.77. The molecule has 2 aliphatic carbocycles. The predicted molar refractivity (Wildman–Crippen MR) is 127 cm³/mol. The Bertz CT molecular complexity index is 991. The lowest BCUT2D eigenvalue weighted by Gasteiger charge is -2.32. The summed E-state index contributed by atoms with van der Waals surface area (Å²) < 4.78 is 37.9. The predicted octanol–water partition coefficient (Wildman–Crippen LogP) is 4.99. The summed E-state index contributed by atoms with van der Waals surface area (Å²) in [6.45, 7) is 0. The van der Waals surface area contributed by atoms with Gasteiger partial charge in [0.1, 0.15) is 5.82 Å². The van der Waals surface area contributed by atoms with Gasteiger partial charge in [0.15, 0.2) is 9.84 Å². The van der Waals surface area contributed by atoms with Crippen LogP contribution < -0.4 is 5.73 Å². The number of benzene rings is 2. The number of nitrogens with two attached hydrogens (primary N) is 1. The average Bonchev–Trinajstić information content (AvgIpc) is 3.51. The molecule has 2 atom stereocenters. The lowest BCUT2D eigenvalue weighted by Crippen LogP contribution is -2.34. The van der Waals surface area contributed by atoms with Gasteiger partial charge in [-0.2, -0.15) is 0 Å². The van der Waals surface area contributed by atoms with Crippen LogP contribution in [0, 0.1) is 11.7 Å². The van der Waals surface area contributed by atoms with Gasteiger partial charge >= 0.3 is 0 Å². The maximum Gasteiger partial charge on any atom is 0.150 e. The topological polar surface area (TPSA) is 60.2 Å². The number of hydrogen-bond acceptors (Lipinski definition) is 3. The molecule has 2 unspecified atom stereocenters. The standard InChI is InChI=1S/C25H32FNO2S.ClH/c26-22-6-3-5-20(14-22)16-24-23-15-18(9-10-21(23)11-12-25(24)27)4-1-2-13-30(28,29)17-19-7-8-19;/h3,5-6,9-10,14-15,19,24-25H,1-2,4,7-8,11-13,16-17,27H2;1H. The minimum Gasteiger partial charge on any atom is -0.327 e. The summed E-state index contributed by atoms with van der Waals surface area (Å²) in [5, 5.41) is 0. The van der Waals surface area contributed by atoms with Crippen molar-refractivity contribution in [1.29, 1.82) is 0 Å². The van der Waals surface area contributed by atoms with Crippen LogP contribution in [0.15, 0.2) is 42.5 Å². The Labute approximate surface area is 192 Å². The lowest BCUT2D eigenvalue weighted by atomic mass is 9.76. The normalized spacial score (nSPS) is 20.7. The monoisotopic (exact) mass is 465 g/mol. The van der Waals surface area contributed by atoms with E-state index in [1.165, 1.54) is 22.8 Å². The maximum absolute atomic E-state index is 13.6. The van der Waals surface area contributed by atoms with Crippen molar-refractivity contribution in [2.45, 2.75) is 63.3 Å². The summed E-state index contributed by atoms with van der Waals surface area (Å²) >= 11 is 0. The van der Waals surface area contributed by atoms with E-state index >= 15 is 0 Å². The first-order valence-electron chi connectivity index (χ1n) is 11.2. The van der Waals surface area contributed by atoms with Gasteiger partial charge in [0.2, 0.25) is 0 Å². The third-order valence-corrected chi connectivity index (χ3v) is 8.47. The number of unbranched alkanes of at least 4 members (excludes halogenated alkanes) is 1. The second-order valence-electron chi connectivity index (χ2n) is 9.19. The minimum atomic E-state index is -2.89. The van der Waals surface area contributed by atoms with Crippen molar-refractivity contribution < 1.29 is 12.8 Å². The lowest BCUT2D eigenvalue weighted by molar-refractivity contribution is 0.466. The van der Waals surface area contributed by atoms with Crippen molar-refractivity contribution in [3.05, 3.63) is 70.5 Å². The highest BCUT2D eigenvalue weighted by molar-refractivity contribution is 7.91. The highest BCUT2D eigenvalue weighted by atomic mass is 35.5. The number of aryl methyl sites for hydroxylation is 2. The van der Waals surface area contributed by atoms with E-state index in [-0.39, 0.29) is 30.2 Å². The first kappa shape index (κ1) is 24.2. The molecular weight excluding hydrogens is 433 g/mol. The third-order valence-electron chi connectivity index (χ3n) is 6.58. The number of hydrogen-bond donors (Lipinski definition) is 1. The molecule has 1 saturated carbocycles. The first-order valence-corrected chi connectivity index (χ1v) is 13.0. The fourth-order valence-corrected chi connectivity index (χ4v) is 6.55. The van der Waals surface area contributed by atoms with Crippen LogP contribution in [0.5, 0.6) is 0 Å². The first-order chi connectivity index (χ1) is 14.4. The molecule has 0 amide bonds. The molecule has 2 aromatic rings. The van der Waals surface area contributed by atoms with Crippen LogP contribution in [-0.4, -0.2) is 26.0 Å². The van der Waals surface area contributed by atoms with Crippen LogP contribution in [0.3, 0.4) is 0 Å². The second kappa shape index (κ2) is 10.5. The van der Waals surface area contributed by atoms with Gasteiger partial charge in [-0.1, -0.05) is 30.3 Å². The fraction of sp³-hybridized carbons (Fsp3) is 0.520. The van der Waals surface area contributed by atoms with Crippen LogP contribution in [0.2, 0.25) is 0 Å². The highest BCUT2D eigenvalue weighted by Crippen LogP contribution is 2.35. The van der Waals surface area contributed by atoms with E-state index in [1.807, 2.05) is 6.07 Å². The van der Waals surface area contributed by atoms with Gasteiger partial charge in [0.25, 0.3) is 0 Å². The Balaban J connectivity index is 0.00000272. The van der Waals surface area contributed by atoms with Gasteiger partial charge in [-0.15, -0.1) is 12.4 Å². The Hall–Kier alpha value is -1.43. The van der Waals surface area contributed by atoms with Crippen LogP contribution >= 0.6 is 12.4 Å². The van der Waals surface area contributed by atoms with E-state index < -0.39 is 9.84 Å². The van der Waals surface area contributed by atoms with Gasteiger partial charge in [-0.05, 0) is 91.7 Å². The van der Waals surface area contributed by atoms with Crippen molar-refractivity contribution >= 4 is 22.2 Å². The molecule has 31 heavy (non-hydrogen) atoms. The summed E-state index contributed by atoms with van der Waals surface area (Å²) in [5.74, 6) is 1.10. The van der Waals surface area contributed by atoms with Crippen LogP contribution in [0.1, 0.15) is 60.3 Å². The largest absolute Gasteiger partial charge is 0.327 e. The van der Waals surface area contributed by atoms with Gasteiger partial charge in [-0.25, -0.2) is 12.8 Å². The quantitative estimate of drug-likeness (QED) is 0.530. The molecule has 2 aliphatic rings. The van der Waals surface area contributed by atoms with E-state index in [2.05, 4.69) is 18.2 Å². The number of halogens is 2. The molecule has 3 nitrogen and oxygen atoms in total. The molecule has 0 heterocycles. The van der Waals surface area contributed by atoms with Crippen molar-refractivity contribution in [2.75, 3.05) is 11.5 Å². The van der Waals surface area contributed by atoms with E-state index in [1.54, 1.807) is 12.1 Å². The summed E-state index contributed by atoms with van der Waals surface area (Å²) in [5.41, 5.74) is 11.3. The molecule has 6 heteroatoms. The van der Waals surface area contributed by atoms with Crippen molar-refractivity contribution in [3.8, 4) is 0 Å². The molecule has 0 spiro atoms. The number of fused-ring (bicyclic) bond motifs is 1. The smallest absolute Gasteiger partial charge is 0.150 e. The molecule has 170 valence electrons. The van der Waals surface area contributed by atoms with E-state index in [9.17, 15) is 12.8 Å². The Morgan fingerprint density at radius 3 is 2.55 bits per heavy atom. The summed E-state index contributed by atoms with van der Waals surface area (Å²) in [4.78, 5) is 0. The molecular formula is C25H33ClFNO2S. The highest BCUT2D eigenvalue weighted by Gasteiger charge is 2.28. The average molecular weight is 466 g/mol. The molecule has 0 aromatic heterocycles. The number of sulfone groups is 1. The zero-order valence-electron chi connectivity index (χ0n) is 17.9. The molecule has 4 rings (SSSR count). The second-order valence-corrected chi connectivity index (χ2v) is 11.4. The maximum atomic E-state index is 13.6. The van der Waals surface area contributed by atoms with Gasteiger partial charge in [0.05, 0.1) is 11.5 Å². The fourth-order valence-electron chi connectivity index (χ4n) is 4.68. The van der Waals surface area contributed by atoms with Crippen LogP contribution in [0.4, 0.5) is 4.39 Å². The summed E-state index contributed by atoms with van der Waals surface area (Å²) in [6.07, 6.45) is 7.31. The Morgan fingerprint density at radius 1 is 1.00 bits per heavy atom. The Kier molecular flexibility index (Phi) is 8.17. The zero-order chi connectivity index (χ0) is 21.1. The summed E-state index contributed by atoms with van der Waals surface area (Å²) in [7, 11) is -2.89. The molecule has 0 aliphatic heterocycles. The minimum absolute atomic E-state index is 0. The van der Waals surface area contributed by atoms with Crippen molar-refractivity contribution in [3.63, 3.8) is 0 Å². The SMILES string of the molecule is Cl.NC1CCc2ccc(CCCCS(=O)(=O)CC3CC3)cc2C1Cc1cccc(F)c1. The number of rotatable bonds is 9. The van der Waals surface area contributed by atoms with E-state index in [0.717, 1.165) is 56.9 Å². The van der Waals surface area contributed by atoms with E-state index in [0.29, 0.717) is 17.4 Å². The molecule has 0 saturated heterocycles. The summed E-state index contributed by atoms with van der Waals surface area (Å²) in [6, 6.07) is 13.5. The van der Waals surface area contributed by atoms with Crippen molar-refractivity contribution in [2.24, 2.45) is 11.7 Å².